The van der Waals surface area contributed by atoms with Gasteiger partial charge in [-0.15, -0.1) is 0 Å². The minimum absolute atomic E-state index is 0.282. The summed E-state index contributed by atoms with van der Waals surface area (Å²) in [6.45, 7) is 0.282. The van der Waals surface area contributed by atoms with Crippen molar-refractivity contribution in [2.24, 2.45) is 0 Å². The van der Waals surface area contributed by atoms with Crippen LogP contribution in [0.1, 0.15) is 16.1 Å². The molecule has 3 aromatic rings. The largest absolute Gasteiger partial charge is 0.487 e. The Balaban J connectivity index is 1.67. The molecule has 0 radical (unpaired) electrons. The number of benzene rings is 2. The number of carbonyl (C=O) groups excluding carboxylic acids is 1. The molecule has 1 aromatic heterocycles. The molecule has 5 heteroatoms. The van der Waals surface area contributed by atoms with Gasteiger partial charge in [-0.25, -0.2) is 4.98 Å². The number of ether oxygens (including phenoxy) is 1. The Kier molecular flexibility index (Phi) is 4.21. The number of rotatable bonds is 5. The van der Waals surface area contributed by atoms with Crippen molar-refractivity contribution in [3.05, 3.63) is 71.1 Å². The summed E-state index contributed by atoms with van der Waals surface area (Å²) in [7, 11) is 0. The standard InChI is InChI=1S/C17H12ClNO3/c18-14-3-1-2-13(8-14)17-19-15(11-22-17)10-21-16-6-4-12(9-20)5-7-16/h1-9,11H,10H2. The summed E-state index contributed by atoms with van der Waals surface area (Å²) in [5.74, 6) is 1.16. The van der Waals surface area contributed by atoms with E-state index in [4.69, 9.17) is 20.8 Å². The second-order valence-corrected chi connectivity index (χ2v) is 5.07. The lowest BCUT2D eigenvalue weighted by molar-refractivity contribution is 0.112. The lowest BCUT2D eigenvalue weighted by Gasteiger charge is -2.03. The van der Waals surface area contributed by atoms with Crippen LogP contribution >= 0.6 is 11.6 Å². The van der Waals surface area contributed by atoms with Crippen LogP contribution in [-0.2, 0) is 6.61 Å². The van der Waals surface area contributed by atoms with Crippen molar-refractivity contribution in [2.45, 2.75) is 6.61 Å². The van der Waals surface area contributed by atoms with E-state index < -0.39 is 0 Å². The summed E-state index contributed by atoms with van der Waals surface area (Å²) < 4.78 is 11.0. The third-order valence-corrected chi connectivity index (χ3v) is 3.26. The normalized spacial score (nSPS) is 10.4. The van der Waals surface area contributed by atoms with E-state index in [1.54, 1.807) is 42.7 Å². The van der Waals surface area contributed by atoms with Crippen molar-refractivity contribution in [2.75, 3.05) is 0 Å². The molecule has 0 fully saturated rings. The molecule has 0 bridgehead atoms. The third kappa shape index (κ3) is 3.35. The molecule has 0 unspecified atom stereocenters. The second kappa shape index (κ2) is 6.45. The van der Waals surface area contributed by atoms with Gasteiger partial charge < -0.3 is 9.15 Å². The zero-order chi connectivity index (χ0) is 15.4. The Bertz CT molecular complexity index is 781. The molecule has 110 valence electrons. The number of aldehydes is 1. The number of carbonyl (C=O) groups is 1. The summed E-state index contributed by atoms with van der Waals surface area (Å²) in [5, 5.41) is 0.628. The van der Waals surface area contributed by atoms with Crippen LogP contribution in [-0.4, -0.2) is 11.3 Å². The quantitative estimate of drug-likeness (QED) is 0.656. The average Bonchev–Trinajstić information content (AvgIpc) is 3.02. The molecule has 1 heterocycles. The van der Waals surface area contributed by atoms with E-state index in [9.17, 15) is 4.79 Å². The first-order valence-corrected chi connectivity index (χ1v) is 7.01. The molecular weight excluding hydrogens is 302 g/mol. The molecule has 4 nitrogen and oxygen atoms in total. The maximum absolute atomic E-state index is 10.6. The SMILES string of the molecule is O=Cc1ccc(OCc2coc(-c3cccc(Cl)c3)n2)cc1. The number of halogens is 1. The molecule has 0 atom stereocenters. The van der Waals surface area contributed by atoms with E-state index in [0.29, 0.717) is 27.9 Å². The Morgan fingerprint density at radius 1 is 1.18 bits per heavy atom. The van der Waals surface area contributed by atoms with Gasteiger partial charge in [-0.05, 0) is 42.5 Å². The van der Waals surface area contributed by atoms with Gasteiger partial charge in [0.15, 0.2) is 0 Å². The highest BCUT2D eigenvalue weighted by molar-refractivity contribution is 6.30. The number of hydrogen-bond donors (Lipinski definition) is 0. The van der Waals surface area contributed by atoms with E-state index in [-0.39, 0.29) is 6.61 Å². The lowest BCUT2D eigenvalue weighted by atomic mass is 10.2. The smallest absolute Gasteiger partial charge is 0.226 e. The highest BCUT2D eigenvalue weighted by atomic mass is 35.5. The van der Waals surface area contributed by atoms with Crippen LogP contribution in [0, 0.1) is 0 Å². The van der Waals surface area contributed by atoms with E-state index in [0.717, 1.165) is 11.8 Å². The van der Waals surface area contributed by atoms with Crippen molar-refractivity contribution in [3.63, 3.8) is 0 Å². The molecular formula is C17H12ClNO3. The molecule has 22 heavy (non-hydrogen) atoms. The molecule has 0 amide bonds. The molecule has 0 N–H and O–H groups in total. The Morgan fingerprint density at radius 3 is 2.73 bits per heavy atom. The van der Waals surface area contributed by atoms with Crippen molar-refractivity contribution in [1.29, 1.82) is 0 Å². The van der Waals surface area contributed by atoms with Gasteiger partial charge in [-0.2, -0.15) is 0 Å². The summed E-state index contributed by atoms with van der Waals surface area (Å²) in [6.07, 6.45) is 2.34. The first-order chi connectivity index (χ1) is 10.7. The first-order valence-electron chi connectivity index (χ1n) is 6.63. The summed E-state index contributed by atoms with van der Waals surface area (Å²) in [5.41, 5.74) is 2.10. The highest BCUT2D eigenvalue weighted by Crippen LogP contribution is 2.22. The first kappa shape index (κ1) is 14.4. The topological polar surface area (TPSA) is 52.3 Å². The fraction of sp³-hybridized carbons (Fsp3) is 0.0588. The zero-order valence-corrected chi connectivity index (χ0v) is 12.3. The number of oxazole rings is 1. The van der Waals surface area contributed by atoms with Gasteiger partial charge in [-0.1, -0.05) is 17.7 Å². The van der Waals surface area contributed by atoms with Gasteiger partial charge in [-0.3, -0.25) is 4.79 Å². The Morgan fingerprint density at radius 2 is 2.00 bits per heavy atom. The maximum Gasteiger partial charge on any atom is 0.226 e. The molecule has 0 aliphatic carbocycles. The van der Waals surface area contributed by atoms with Gasteiger partial charge in [0.25, 0.3) is 0 Å². The fourth-order valence-corrected chi connectivity index (χ4v) is 2.12. The van der Waals surface area contributed by atoms with Crippen LogP contribution in [0.15, 0.2) is 59.2 Å². The van der Waals surface area contributed by atoms with Crippen LogP contribution in [0.3, 0.4) is 0 Å². The highest BCUT2D eigenvalue weighted by Gasteiger charge is 2.07. The van der Waals surface area contributed by atoms with Gasteiger partial charge in [0.05, 0.1) is 0 Å². The molecule has 0 saturated heterocycles. The van der Waals surface area contributed by atoms with E-state index in [1.807, 2.05) is 12.1 Å². The predicted octanol–water partition coefficient (Wildman–Crippen LogP) is 4.39. The summed E-state index contributed by atoms with van der Waals surface area (Å²) in [4.78, 5) is 14.9. The predicted molar refractivity (Wildman–Crippen MR) is 83.1 cm³/mol. The van der Waals surface area contributed by atoms with Crippen molar-refractivity contribution >= 4 is 17.9 Å². The maximum atomic E-state index is 10.6. The number of aromatic nitrogens is 1. The summed E-state index contributed by atoms with van der Waals surface area (Å²) >= 11 is 5.95. The van der Waals surface area contributed by atoms with Gasteiger partial charge in [0.2, 0.25) is 5.89 Å². The fourth-order valence-electron chi connectivity index (χ4n) is 1.93. The summed E-state index contributed by atoms with van der Waals surface area (Å²) in [6, 6.07) is 14.2. The number of nitrogens with zero attached hydrogens (tertiary/aromatic N) is 1. The zero-order valence-electron chi connectivity index (χ0n) is 11.5. The molecule has 0 aliphatic heterocycles. The second-order valence-electron chi connectivity index (χ2n) is 4.63. The van der Waals surface area contributed by atoms with Crippen LogP contribution in [0.4, 0.5) is 0 Å². The Hall–Kier alpha value is -2.59. The molecule has 0 aliphatic rings. The third-order valence-electron chi connectivity index (χ3n) is 3.03. The van der Waals surface area contributed by atoms with E-state index in [1.165, 1.54) is 0 Å². The van der Waals surface area contributed by atoms with Gasteiger partial charge in [0.1, 0.15) is 30.6 Å². The van der Waals surface area contributed by atoms with Crippen molar-refractivity contribution in [3.8, 4) is 17.2 Å². The van der Waals surface area contributed by atoms with Crippen LogP contribution < -0.4 is 4.74 Å². The Labute approximate surface area is 132 Å². The molecule has 0 spiro atoms. The average molecular weight is 314 g/mol. The van der Waals surface area contributed by atoms with E-state index >= 15 is 0 Å². The lowest BCUT2D eigenvalue weighted by Crippen LogP contribution is -1.95. The van der Waals surface area contributed by atoms with Crippen LogP contribution in [0.2, 0.25) is 5.02 Å². The molecule has 0 saturated carbocycles. The van der Waals surface area contributed by atoms with Crippen LogP contribution in [0.5, 0.6) is 5.75 Å². The monoisotopic (exact) mass is 313 g/mol. The molecule has 3 rings (SSSR count). The van der Waals surface area contributed by atoms with E-state index in [2.05, 4.69) is 4.98 Å². The van der Waals surface area contributed by atoms with Crippen molar-refractivity contribution in [1.82, 2.24) is 4.98 Å². The van der Waals surface area contributed by atoms with Gasteiger partial charge in [0, 0.05) is 16.1 Å². The van der Waals surface area contributed by atoms with Crippen molar-refractivity contribution < 1.29 is 13.9 Å². The van der Waals surface area contributed by atoms with Crippen LogP contribution in [0.25, 0.3) is 11.5 Å². The minimum atomic E-state index is 0.282. The minimum Gasteiger partial charge on any atom is -0.487 e. The van der Waals surface area contributed by atoms with Gasteiger partial charge >= 0.3 is 0 Å². The number of hydrogen-bond acceptors (Lipinski definition) is 4. The molecule has 2 aromatic carbocycles.